The second kappa shape index (κ2) is 5.44. The molecule has 8 N–H and O–H groups in total. The first-order valence-electron chi connectivity index (χ1n) is 6.54. The molecule has 3 rings (SSSR count). The standard InChI is InChI=1S/C12H14N6O4S/c13-2-1-12(21)7(20)5(3-19)22-10(12)18-4-15-6-8(18)16-11(14)17-9(6)23/h4-5,7,10,19-21H,3,13H2,(H3,14,16,17,23)/t5-,7?,10-,12-/m1/s1. The zero-order chi connectivity index (χ0) is 16.8. The van der Waals surface area contributed by atoms with Gasteiger partial charge in [0.15, 0.2) is 16.8 Å². The van der Waals surface area contributed by atoms with Crippen LogP contribution in [0.4, 0.5) is 5.95 Å². The van der Waals surface area contributed by atoms with Crippen LogP contribution in [0, 0.1) is 16.6 Å². The zero-order valence-corrected chi connectivity index (χ0v) is 12.5. The molecule has 1 fully saturated rings. The lowest BCUT2D eigenvalue weighted by atomic mass is 9.95. The van der Waals surface area contributed by atoms with E-state index in [9.17, 15) is 15.3 Å². The Bertz CT molecular complexity index is 870. The van der Waals surface area contributed by atoms with Crippen LogP contribution < -0.4 is 11.5 Å². The van der Waals surface area contributed by atoms with E-state index in [0.29, 0.717) is 11.2 Å². The summed E-state index contributed by atoms with van der Waals surface area (Å²) in [5.74, 6) is 2.38. The van der Waals surface area contributed by atoms with Crippen molar-refractivity contribution in [3.05, 3.63) is 11.0 Å². The van der Waals surface area contributed by atoms with Gasteiger partial charge in [-0.25, -0.2) is 9.97 Å². The smallest absolute Gasteiger partial charge is 0.201 e. The van der Waals surface area contributed by atoms with Crippen LogP contribution in [0.15, 0.2) is 6.33 Å². The molecular weight excluding hydrogens is 324 g/mol. The van der Waals surface area contributed by atoms with E-state index >= 15 is 0 Å². The summed E-state index contributed by atoms with van der Waals surface area (Å²) in [6.07, 6.45) is -2.39. The van der Waals surface area contributed by atoms with Crippen molar-refractivity contribution in [2.45, 2.75) is 24.0 Å². The molecule has 0 bridgehead atoms. The number of aliphatic hydroxyl groups excluding tert-OH is 2. The molecule has 10 nitrogen and oxygen atoms in total. The second-order valence-electron chi connectivity index (χ2n) is 5.03. The number of imidazole rings is 1. The maximum absolute atomic E-state index is 10.7. The van der Waals surface area contributed by atoms with Crippen molar-refractivity contribution in [3.8, 4) is 12.0 Å². The molecule has 1 unspecified atom stereocenters. The molecule has 0 aromatic carbocycles. The molecule has 122 valence electrons. The Morgan fingerprint density at radius 2 is 2.30 bits per heavy atom. The number of aliphatic hydroxyl groups is 3. The summed E-state index contributed by atoms with van der Waals surface area (Å²) in [7, 11) is 0. The van der Waals surface area contributed by atoms with E-state index in [0.717, 1.165) is 0 Å². The van der Waals surface area contributed by atoms with Crippen LogP contribution in [0.25, 0.3) is 11.2 Å². The summed E-state index contributed by atoms with van der Waals surface area (Å²) < 4.78 is 7.06. The summed E-state index contributed by atoms with van der Waals surface area (Å²) in [5, 5.41) is 30.2. The summed E-state index contributed by atoms with van der Waals surface area (Å²) >= 11 is 5.08. The van der Waals surface area contributed by atoms with Gasteiger partial charge in [-0.05, 0) is 5.92 Å². The Hall–Kier alpha value is -2.23. The van der Waals surface area contributed by atoms with Gasteiger partial charge in [-0.1, -0.05) is 12.2 Å². The van der Waals surface area contributed by atoms with Crippen molar-refractivity contribution in [1.82, 2.24) is 19.5 Å². The van der Waals surface area contributed by atoms with Crippen LogP contribution in [-0.4, -0.2) is 59.3 Å². The van der Waals surface area contributed by atoms with Gasteiger partial charge in [0.2, 0.25) is 5.60 Å². The average molecular weight is 338 g/mol. The highest BCUT2D eigenvalue weighted by Gasteiger charge is 2.56. The number of hydrogen-bond donors (Lipinski definition) is 6. The number of anilines is 1. The number of ether oxygens (including phenoxy) is 1. The Labute approximate surface area is 134 Å². The number of nitrogens with two attached hydrogens (primary N) is 2. The van der Waals surface area contributed by atoms with E-state index in [4.69, 9.17) is 28.4 Å². The van der Waals surface area contributed by atoms with Crippen molar-refractivity contribution in [1.29, 1.82) is 0 Å². The molecule has 0 radical (unpaired) electrons. The summed E-state index contributed by atoms with van der Waals surface area (Å²) in [6.45, 7) is -0.515. The molecule has 0 amide bonds. The van der Waals surface area contributed by atoms with Crippen molar-refractivity contribution in [2.24, 2.45) is 5.73 Å². The number of nitrogens with one attached hydrogen (secondary N) is 1. The van der Waals surface area contributed by atoms with E-state index in [1.54, 1.807) is 0 Å². The molecule has 1 aliphatic rings. The van der Waals surface area contributed by atoms with Crippen LogP contribution in [0.5, 0.6) is 0 Å². The Morgan fingerprint density at radius 1 is 1.57 bits per heavy atom. The number of nitrogen functional groups attached to an aromatic ring is 1. The molecule has 11 heteroatoms. The molecule has 0 spiro atoms. The third kappa shape index (κ3) is 2.24. The molecular formula is C12H14N6O4S. The highest BCUT2D eigenvalue weighted by molar-refractivity contribution is 7.71. The topological polar surface area (TPSA) is 168 Å². The highest BCUT2D eigenvalue weighted by atomic mass is 32.1. The first-order chi connectivity index (χ1) is 10.9. The fourth-order valence-electron chi connectivity index (χ4n) is 2.58. The van der Waals surface area contributed by atoms with Gasteiger partial charge < -0.3 is 36.5 Å². The third-order valence-corrected chi connectivity index (χ3v) is 3.94. The number of aromatic nitrogens is 4. The van der Waals surface area contributed by atoms with Gasteiger partial charge in [0, 0.05) is 6.04 Å². The molecule has 1 saturated heterocycles. The molecule has 2 aromatic heterocycles. The van der Waals surface area contributed by atoms with Crippen LogP contribution in [0.2, 0.25) is 0 Å². The summed E-state index contributed by atoms with van der Waals surface area (Å²) in [4.78, 5) is 10.8. The predicted octanol–water partition coefficient (Wildman–Crippen LogP) is -2.03. The fraction of sp³-hybridized carbons (Fsp3) is 0.417. The van der Waals surface area contributed by atoms with Gasteiger partial charge in [-0.15, -0.1) is 0 Å². The Morgan fingerprint density at radius 3 is 2.96 bits per heavy atom. The SMILES string of the molecule is NC#C[C@@]1(O)C(O)[C@@H](CO)O[C@H]1n1cnc2c(=S)nc(N)[nH]c21. The fourth-order valence-corrected chi connectivity index (χ4v) is 2.82. The summed E-state index contributed by atoms with van der Waals surface area (Å²) in [6, 6.07) is 2.06. The average Bonchev–Trinajstić information content (AvgIpc) is 3.01. The zero-order valence-electron chi connectivity index (χ0n) is 11.7. The number of hydrogen-bond acceptors (Lipinski definition) is 9. The van der Waals surface area contributed by atoms with E-state index < -0.39 is 30.6 Å². The van der Waals surface area contributed by atoms with E-state index in [1.807, 2.05) is 0 Å². The van der Waals surface area contributed by atoms with Crippen LogP contribution in [-0.2, 0) is 4.74 Å². The maximum Gasteiger partial charge on any atom is 0.201 e. The Kier molecular flexibility index (Phi) is 3.71. The lowest BCUT2D eigenvalue weighted by Gasteiger charge is -2.26. The van der Waals surface area contributed by atoms with E-state index in [1.165, 1.54) is 10.9 Å². The first-order valence-corrected chi connectivity index (χ1v) is 6.95. The van der Waals surface area contributed by atoms with Crippen LogP contribution in [0.3, 0.4) is 0 Å². The van der Waals surface area contributed by atoms with Crippen molar-refractivity contribution in [3.63, 3.8) is 0 Å². The van der Waals surface area contributed by atoms with E-state index in [2.05, 4.69) is 26.9 Å². The minimum atomic E-state index is -2.05. The van der Waals surface area contributed by atoms with E-state index in [-0.39, 0.29) is 10.6 Å². The molecule has 23 heavy (non-hydrogen) atoms. The quantitative estimate of drug-likeness (QED) is 0.205. The van der Waals surface area contributed by atoms with Crippen LogP contribution >= 0.6 is 12.2 Å². The monoisotopic (exact) mass is 338 g/mol. The lowest BCUT2D eigenvalue weighted by Crippen LogP contribution is -2.46. The minimum absolute atomic E-state index is 0.0509. The predicted molar refractivity (Wildman–Crippen MR) is 81.0 cm³/mol. The Balaban J connectivity index is 2.20. The van der Waals surface area contributed by atoms with Crippen molar-refractivity contribution < 1.29 is 20.1 Å². The third-order valence-electron chi connectivity index (χ3n) is 3.65. The van der Waals surface area contributed by atoms with Crippen molar-refractivity contribution in [2.75, 3.05) is 12.3 Å². The van der Waals surface area contributed by atoms with Crippen LogP contribution in [0.1, 0.15) is 6.23 Å². The van der Waals surface area contributed by atoms with Gasteiger partial charge in [0.25, 0.3) is 0 Å². The highest BCUT2D eigenvalue weighted by Crippen LogP contribution is 2.39. The molecule has 2 aromatic rings. The number of rotatable bonds is 2. The lowest BCUT2D eigenvalue weighted by molar-refractivity contribution is -0.0722. The van der Waals surface area contributed by atoms with Gasteiger partial charge in [0.1, 0.15) is 23.4 Å². The molecule has 0 aliphatic carbocycles. The van der Waals surface area contributed by atoms with Gasteiger partial charge in [0.05, 0.1) is 12.9 Å². The number of nitrogens with zero attached hydrogens (tertiary/aromatic N) is 3. The minimum Gasteiger partial charge on any atom is -0.394 e. The summed E-state index contributed by atoms with van der Waals surface area (Å²) in [5.41, 5.74) is 9.45. The second-order valence-corrected chi connectivity index (χ2v) is 5.41. The van der Waals surface area contributed by atoms with Gasteiger partial charge >= 0.3 is 0 Å². The van der Waals surface area contributed by atoms with Gasteiger partial charge in [-0.2, -0.15) is 0 Å². The number of H-pyrrole nitrogens is 1. The van der Waals surface area contributed by atoms with Crippen molar-refractivity contribution >= 4 is 29.3 Å². The normalized spacial score (nSPS) is 30.3. The molecule has 3 heterocycles. The molecule has 0 saturated carbocycles. The number of fused-ring (bicyclic) bond motifs is 1. The van der Waals surface area contributed by atoms with Gasteiger partial charge in [-0.3, -0.25) is 4.57 Å². The maximum atomic E-state index is 10.7. The number of aromatic amines is 1. The first kappa shape index (κ1) is 15.7. The molecule has 1 aliphatic heterocycles. The largest absolute Gasteiger partial charge is 0.394 e. The molecule has 4 atom stereocenters.